The third-order valence-electron chi connectivity index (χ3n) is 2.71. The number of rotatable bonds is 3. The molecule has 0 atom stereocenters. The van der Waals surface area contributed by atoms with E-state index < -0.39 is 26.3 Å². The monoisotopic (exact) mass is 233 g/mol. The summed E-state index contributed by atoms with van der Waals surface area (Å²) >= 11 is 0. The highest BCUT2D eigenvalue weighted by atomic mass is 32.2. The molecule has 5 nitrogen and oxygen atoms in total. The van der Waals surface area contributed by atoms with E-state index in [1.54, 1.807) is 13.8 Å². The number of ketones is 1. The van der Waals surface area contributed by atoms with Crippen LogP contribution in [0.2, 0.25) is 0 Å². The molecule has 1 aliphatic rings. The maximum atomic E-state index is 11.4. The van der Waals surface area contributed by atoms with E-state index in [0.717, 1.165) is 6.26 Å². The second-order valence-electron chi connectivity index (χ2n) is 4.43. The van der Waals surface area contributed by atoms with Gasteiger partial charge in [-0.15, -0.1) is 0 Å². The highest BCUT2D eigenvalue weighted by Gasteiger charge is 2.38. The van der Waals surface area contributed by atoms with Crippen LogP contribution in [-0.4, -0.2) is 49.1 Å². The van der Waals surface area contributed by atoms with Gasteiger partial charge in [0, 0.05) is 25.8 Å². The molecule has 0 spiro atoms. The second-order valence-corrected chi connectivity index (χ2v) is 7.08. The van der Waals surface area contributed by atoms with Crippen LogP contribution < -0.4 is 0 Å². The maximum Gasteiger partial charge on any atom is 0.290 e. The van der Waals surface area contributed by atoms with Gasteiger partial charge in [-0.3, -0.25) is 9.59 Å². The van der Waals surface area contributed by atoms with Gasteiger partial charge in [0.15, 0.2) is 9.84 Å². The van der Waals surface area contributed by atoms with Gasteiger partial charge in [-0.1, -0.05) is 0 Å². The predicted octanol–water partition coefficient (Wildman–Crippen LogP) is -0.389. The predicted molar refractivity (Wildman–Crippen MR) is 55.1 cm³/mol. The van der Waals surface area contributed by atoms with Crippen LogP contribution in [0.25, 0.3) is 0 Å². The molecule has 1 fully saturated rings. The first-order chi connectivity index (χ1) is 6.65. The Balaban J connectivity index is 2.80. The van der Waals surface area contributed by atoms with Crippen LogP contribution in [0.3, 0.4) is 0 Å². The minimum absolute atomic E-state index is 0.0798. The molecule has 0 aromatic carbocycles. The van der Waals surface area contributed by atoms with Crippen molar-refractivity contribution in [2.45, 2.75) is 25.0 Å². The summed E-state index contributed by atoms with van der Waals surface area (Å²) in [5, 5.41) is 0. The minimum atomic E-state index is -3.24. The lowest BCUT2D eigenvalue weighted by Gasteiger charge is -2.27. The standard InChI is InChI=1S/C9H15NO4S/c1-9(2,15(3,13)14)6-10-5-4-7(11)8(10)12/h4-6H2,1-3H3. The fraction of sp³-hybridized carbons (Fsp3) is 0.778. The summed E-state index contributed by atoms with van der Waals surface area (Å²) < 4.78 is 21.8. The number of hydrogen-bond donors (Lipinski definition) is 0. The summed E-state index contributed by atoms with van der Waals surface area (Å²) in [7, 11) is -3.24. The van der Waals surface area contributed by atoms with Gasteiger partial charge in [-0.2, -0.15) is 0 Å². The van der Waals surface area contributed by atoms with Crippen LogP contribution in [0.4, 0.5) is 0 Å². The number of hydrogen-bond acceptors (Lipinski definition) is 4. The van der Waals surface area contributed by atoms with Crippen molar-refractivity contribution in [3.05, 3.63) is 0 Å². The van der Waals surface area contributed by atoms with Crippen LogP contribution in [0.5, 0.6) is 0 Å². The molecule has 0 unspecified atom stereocenters. The van der Waals surface area contributed by atoms with Crippen LogP contribution in [0.1, 0.15) is 20.3 Å². The molecule has 86 valence electrons. The normalized spacial score (nSPS) is 18.7. The molecule has 1 heterocycles. The SMILES string of the molecule is CC(C)(CN1CCC(=O)C1=O)S(C)(=O)=O. The molecule has 15 heavy (non-hydrogen) atoms. The van der Waals surface area contributed by atoms with E-state index in [2.05, 4.69) is 0 Å². The molecule has 1 aliphatic heterocycles. The number of nitrogens with zero attached hydrogens (tertiary/aromatic N) is 1. The first-order valence-corrected chi connectivity index (χ1v) is 6.56. The van der Waals surface area contributed by atoms with Crippen LogP contribution >= 0.6 is 0 Å². The fourth-order valence-corrected chi connectivity index (χ4v) is 1.74. The van der Waals surface area contributed by atoms with Gasteiger partial charge in [0.05, 0.1) is 4.75 Å². The number of sulfone groups is 1. The van der Waals surface area contributed by atoms with E-state index in [1.165, 1.54) is 4.90 Å². The van der Waals surface area contributed by atoms with Gasteiger partial charge >= 0.3 is 0 Å². The lowest BCUT2D eigenvalue weighted by molar-refractivity contribution is -0.140. The topological polar surface area (TPSA) is 71.5 Å². The summed E-state index contributed by atoms with van der Waals surface area (Å²) in [4.78, 5) is 23.6. The third-order valence-corrected chi connectivity index (χ3v) is 4.85. The highest BCUT2D eigenvalue weighted by Crippen LogP contribution is 2.19. The third kappa shape index (κ3) is 2.37. The zero-order chi connectivity index (χ0) is 11.9. The van der Waals surface area contributed by atoms with Crippen molar-refractivity contribution in [2.75, 3.05) is 19.3 Å². The molecule has 1 rings (SSSR count). The highest BCUT2D eigenvalue weighted by molar-refractivity contribution is 7.92. The van der Waals surface area contributed by atoms with E-state index in [4.69, 9.17) is 0 Å². The van der Waals surface area contributed by atoms with Crippen molar-refractivity contribution in [3.63, 3.8) is 0 Å². The van der Waals surface area contributed by atoms with E-state index >= 15 is 0 Å². The van der Waals surface area contributed by atoms with E-state index in [1.807, 2.05) is 0 Å². The Kier molecular flexibility index (Phi) is 2.91. The fourth-order valence-electron chi connectivity index (χ4n) is 1.35. The molecule has 0 aromatic rings. The van der Waals surface area contributed by atoms with Crippen molar-refractivity contribution in [1.29, 1.82) is 0 Å². The largest absolute Gasteiger partial charge is 0.334 e. The molecule has 0 aliphatic carbocycles. The van der Waals surface area contributed by atoms with E-state index in [-0.39, 0.29) is 13.0 Å². The zero-order valence-electron chi connectivity index (χ0n) is 9.11. The molecule has 1 amide bonds. The van der Waals surface area contributed by atoms with Crippen molar-refractivity contribution >= 4 is 21.5 Å². The van der Waals surface area contributed by atoms with Crippen molar-refractivity contribution in [2.24, 2.45) is 0 Å². The number of carbonyl (C=O) groups is 2. The van der Waals surface area contributed by atoms with Gasteiger partial charge in [-0.05, 0) is 13.8 Å². The van der Waals surface area contributed by atoms with Gasteiger partial charge in [-0.25, -0.2) is 8.42 Å². The molecule has 6 heteroatoms. The summed E-state index contributed by atoms with van der Waals surface area (Å²) in [6.07, 6.45) is 1.33. The number of carbonyl (C=O) groups excluding carboxylic acids is 2. The first kappa shape index (κ1) is 12.2. The first-order valence-electron chi connectivity index (χ1n) is 4.67. The number of likely N-dealkylation sites (tertiary alicyclic amines) is 1. The molecule has 1 saturated heterocycles. The molecule has 0 radical (unpaired) electrons. The van der Waals surface area contributed by atoms with E-state index in [0.29, 0.717) is 6.54 Å². The Morgan fingerprint density at radius 2 is 1.87 bits per heavy atom. The quantitative estimate of drug-likeness (QED) is 0.622. The molecular weight excluding hydrogens is 218 g/mol. The Labute approximate surface area is 89.4 Å². The molecule has 0 N–H and O–H groups in total. The number of Topliss-reactive ketones (excluding diaryl/α,β-unsaturated/α-hetero) is 1. The second kappa shape index (κ2) is 3.59. The van der Waals surface area contributed by atoms with Crippen LogP contribution in [0.15, 0.2) is 0 Å². The molecule has 0 aromatic heterocycles. The smallest absolute Gasteiger partial charge is 0.290 e. The summed E-state index contributed by atoms with van der Waals surface area (Å²) in [5.74, 6) is -0.994. The Morgan fingerprint density at radius 1 is 1.33 bits per heavy atom. The Bertz CT molecular complexity index is 396. The zero-order valence-corrected chi connectivity index (χ0v) is 9.93. The number of amides is 1. The molecule has 0 saturated carbocycles. The lowest BCUT2D eigenvalue weighted by Crippen LogP contribution is -2.45. The van der Waals surface area contributed by atoms with Gasteiger partial charge < -0.3 is 4.90 Å². The molecular formula is C9H15NO4S. The van der Waals surface area contributed by atoms with Gasteiger partial charge in [0.2, 0.25) is 5.78 Å². The Morgan fingerprint density at radius 3 is 2.20 bits per heavy atom. The van der Waals surface area contributed by atoms with Crippen molar-refractivity contribution < 1.29 is 18.0 Å². The summed E-state index contributed by atoms with van der Waals surface area (Å²) in [6.45, 7) is 3.52. The average molecular weight is 233 g/mol. The van der Waals surface area contributed by atoms with Crippen LogP contribution in [0, 0.1) is 0 Å². The Hall–Kier alpha value is -0.910. The van der Waals surface area contributed by atoms with E-state index in [9.17, 15) is 18.0 Å². The average Bonchev–Trinajstić information content (AvgIpc) is 2.33. The lowest BCUT2D eigenvalue weighted by atomic mass is 10.2. The van der Waals surface area contributed by atoms with Gasteiger partial charge in [0.1, 0.15) is 0 Å². The van der Waals surface area contributed by atoms with Crippen molar-refractivity contribution in [1.82, 2.24) is 4.90 Å². The summed E-state index contributed by atoms with van der Waals surface area (Å²) in [6, 6.07) is 0. The van der Waals surface area contributed by atoms with Crippen molar-refractivity contribution in [3.8, 4) is 0 Å². The summed E-state index contributed by atoms with van der Waals surface area (Å²) in [5.41, 5.74) is 0. The van der Waals surface area contributed by atoms with Crippen LogP contribution in [-0.2, 0) is 19.4 Å². The minimum Gasteiger partial charge on any atom is -0.334 e. The molecule has 0 bridgehead atoms. The maximum absolute atomic E-state index is 11.4. The van der Waals surface area contributed by atoms with Gasteiger partial charge in [0.25, 0.3) is 5.91 Å².